The molecule has 0 unspecified atom stereocenters. The van der Waals surface area contributed by atoms with Gasteiger partial charge in [0.25, 0.3) is 0 Å². The molecule has 0 aromatic heterocycles. The zero-order chi connectivity index (χ0) is 51.5. The molecule has 10 nitrogen and oxygen atoms in total. The van der Waals surface area contributed by atoms with Gasteiger partial charge in [0.1, 0.15) is 17.8 Å². The van der Waals surface area contributed by atoms with E-state index in [-0.39, 0.29) is 47.4 Å². The third kappa shape index (κ3) is 6.47. The molecular weight excluding hydrogens is 923 g/mol. The number of carbonyl (C=O) groups is 1. The average molecular weight is 1010 g/mol. The van der Waals surface area contributed by atoms with Crippen molar-refractivity contribution in [1.29, 1.82) is 0 Å². The van der Waals surface area contributed by atoms with Gasteiger partial charge in [0, 0.05) is 65.5 Å². The van der Waals surface area contributed by atoms with Crippen LogP contribution in [0.4, 0.5) is 0 Å². The number of aliphatic hydroxyl groups is 4. The number of nitrogens with one attached hydrogen (secondary N) is 2. The Balaban J connectivity index is 0.968. The summed E-state index contributed by atoms with van der Waals surface area (Å²) in [5.41, 5.74) is 5.46. The normalized spacial score (nSPS) is 46.5. The van der Waals surface area contributed by atoms with Gasteiger partial charge in [0.05, 0.1) is 29.7 Å². The van der Waals surface area contributed by atoms with Crippen LogP contribution < -0.4 is 16.4 Å². The van der Waals surface area contributed by atoms with Crippen molar-refractivity contribution in [2.75, 3.05) is 33.4 Å². The van der Waals surface area contributed by atoms with E-state index >= 15 is 4.79 Å². The number of aliphatic hydroxyl groups excluding tert-OH is 2. The van der Waals surface area contributed by atoms with Crippen LogP contribution in [0.3, 0.4) is 0 Å². The standard InChI is InChI=1S/C64H85N3O7/c1-39-21-28-73-62(31-39,55-54(74-55)58(4,71)56(2,38-68)24-17-40-20-27-67-51(65)29-40)49-19-26-64(72)46-30-47(69)53-45-18-25-60-32-41(36-66-5)33-61(53)52(46)44(34-57(49,64)3)16-15-43-12-7-6-11-42(43)13-10-14-50(63(60,61)35-48(45)70)59(37-60)22-8-9-23-59/h6-7,11-12,18,20,25,29-30,32,39,44-45,48-50,52-55,66-68,70-72H,8-9,13,15-17,19,21-24,26-28,31,33-38,65H2,1-5H3/t39-,44-,45-,48+,49+,50+,52+,53+,54+,55+,56+,57-,58+,60-,61-,62-,63+,64-/m1/s1. The van der Waals surface area contributed by atoms with Crippen LogP contribution in [0.1, 0.15) is 135 Å². The molecule has 2 saturated heterocycles. The van der Waals surface area contributed by atoms with Gasteiger partial charge in [-0.25, -0.2) is 0 Å². The molecule has 3 spiro atoms. The van der Waals surface area contributed by atoms with E-state index in [1.54, 1.807) is 0 Å². The maximum Gasteiger partial charge on any atom is 0.160 e. The smallest absolute Gasteiger partial charge is 0.160 e. The maximum atomic E-state index is 16.2. The fourth-order valence-electron chi connectivity index (χ4n) is 21.1. The van der Waals surface area contributed by atoms with Crippen molar-refractivity contribution >= 4 is 5.78 Å². The Hall–Kier alpha value is -3.53. The number of dihydropyridines is 1. The lowest BCUT2D eigenvalue weighted by Crippen LogP contribution is -2.73. The number of fused-ring (bicyclic) bond motifs is 5. The lowest BCUT2D eigenvalue weighted by molar-refractivity contribution is -0.236. The number of ether oxygens (including phenoxy) is 2. The summed E-state index contributed by atoms with van der Waals surface area (Å²) < 4.78 is 14.3. The summed E-state index contributed by atoms with van der Waals surface area (Å²) in [7, 11) is 2.05. The summed E-state index contributed by atoms with van der Waals surface area (Å²) in [5, 5.41) is 58.3. The molecular formula is C64H85N3O7. The molecule has 13 aliphatic rings. The first-order chi connectivity index (χ1) is 35.4. The van der Waals surface area contributed by atoms with E-state index in [2.05, 4.69) is 91.9 Å². The summed E-state index contributed by atoms with van der Waals surface area (Å²) >= 11 is 0. The van der Waals surface area contributed by atoms with E-state index in [9.17, 15) is 20.4 Å². The van der Waals surface area contributed by atoms with Crippen LogP contribution in [0.5, 0.6) is 0 Å². The lowest BCUT2D eigenvalue weighted by Gasteiger charge is -2.73. The second-order valence-corrected chi connectivity index (χ2v) is 27.5. The number of ketones is 1. The van der Waals surface area contributed by atoms with Crippen molar-refractivity contribution in [2.24, 2.45) is 79.6 Å². The van der Waals surface area contributed by atoms with Crippen molar-refractivity contribution in [2.45, 2.75) is 172 Å². The summed E-state index contributed by atoms with van der Waals surface area (Å²) in [5.74, 6) is 8.19. The molecule has 4 bridgehead atoms. The number of rotatable bonds is 10. The molecule has 5 saturated carbocycles. The molecule has 398 valence electrons. The molecule has 10 heteroatoms. The summed E-state index contributed by atoms with van der Waals surface area (Å²) in [6.45, 7) is 10.2. The lowest BCUT2D eigenvalue weighted by atomic mass is 9.30. The van der Waals surface area contributed by atoms with E-state index in [0.29, 0.717) is 63.4 Å². The molecule has 1 aromatic rings. The fraction of sp³-hybridized carbons (Fsp3) is 0.703. The van der Waals surface area contributed by atoms with Gasteiger partial charge < -0.3 is 46.3 Å². The first-order valence-electron chi connectivity index (χ1n) is 29.2. The third-order valence-electron chi connectivity index (χ3n) is 24.3. The van der Waals surface area contributed by atoms with Crippen molar-refractivity contribution in [3.05, 3.63) is 94.4 Å². The Bertz CT molecular complexity index is 2720. The SMILES string of the molecule is CNCC1=C[C@]23C=C[C@H]4[C@H]5C(=O)C=C6[C@@H]7[C@H](CCc8ccccc8CC#C[C@@H](C8(CCCC8)C2)[C@]3(C[C@@H]4O)[C@]75C1)C[C@]1(C)[C@@H]([C@@]2([C@H]3O[C@@H]3[C@](C)(O)[C@](C)(CO)CCC3=CCNC(N)=C3)C[C@H](C)CCO2)CC[C@@]61O. The van der Waals surface area contributed by atoms with E-state index in [0.717, 1.165) is 75.5 Å². The van der Waals surface area contributed by atoms with E-state index in [4.69, 9.17) is 15.2 Å². The predicted octanol–water partition coefficient (Wildman–Crippen LogP) is 7.94. The van der Waals surface area contributed by atoms with Crippen molar-refractivity contribution < 1.29 is 34.7 Å². The zero-order valence-corrected chi connectivity index (χ0v) is 45.0. The van der Waals surface area contributed by atoms with Crippen molar-refractivity contribution in [3.8, 4) is 11.8 Å². The van der Waals surface area contributed by atoms with Gasteiger partial charge >= 0.3 is 0 Å². The van der Waals surface area contributed by atoms with Crippen LogP contribution in [-0.4, -0.2) is 94.7 Å². The monoisotopic (exact) mass is 1010 g/mol. The van der Waals surface area contributed by atoms with Gasteiger partial charge in [-0.15, -0.1) is 0 Å². The Morgan fingerprint density at radius 1 is 1.03 bits per heavy atom. The minimum atomic E-state index is -1.41. The number of nitrogens with two attached hydrogens (primary N) is 1. The van der Waals surface area contributed by atoms with Crippen LogP contribution in [0.25, 0.3) is 0 Å². The Kier molecular flexibility index (Phi) is 11.5. The minimum Gasteiger partial charge on any atom is -0.396 e. The molecule has 74 heavy (non-hydrogen) atoms. The number of likely N-dealkylation sites (N-methyl/N-ethyl adjacent to an activating group) is 1. The molecule has 7 fully saturated rings. The molecule has 0 amide bonds. The van der Waals surface area contributed by atoms with Gasteiger partial charge in [0.2, 0.25) is 0 Å². The van der Waals surface area contributed by atoms with Gasteiger partial charge in [-0.05, 0) is 173 Å². The van der Waals surface area contributed by atoms with Gasteiger partial charge in [0.15, 0.2) is 5.78 Å². The fourth-order valence-corrected chi connectivity index (χ4v) is 21.1. The average Bonchev–Trinajstić information content (AvgIpc) is 4.02. The number of aryl methyl sites for hydroxylation is 1. The Morgan fingerprint density at radius 3 is 2.58 bits per heavy atom. The molecule has 3 heterocycles. The molecule has 1 aromatic carbocycles. The molecule has 18 atom stereocenters. The van der Waals surface area contributed by atoms with Crippen LogP contribution >= 0.6 is 0 Å². The van der Waals surface area contributed by atoms with Crippen molar-refractivity contribution in [1.82, 2.24) is 10.6 Å². The largest absolute Gasteiger partial charge is 0.396 e. The van der Waals surface area contributed by atoms with Crippen molar-refractivity contribution in [3.63, 3.8) is 0 Å². The zero-order valence-electron chi connectivity index (χ0n) is 45.0. The maximum absolute atomic E-state index is 16.2. The van der Waals surface area contributed by atoms with Crippen LogP contribution in [0, 0.1) is 85.8 Å². The highest BCUT2D eigenvalue weighted by Gasteiger charge is 2.85. The molecule has 14 rings (SSSR count). The number of hydrogen-bond acceptors (Lipinski definition) is 10. The Labute approximate surface area is 440 Å². The summed E-state index contributed by atoms with van der Waals surface area (Å²) in [4.78, 5) is 16.2. The quantitative estimate of drug-likeness (QED) is 0.0695. The topological polar surface area (TPSA) is 170 Å². The van der Waals surface area contributed by atoms with Gasteiger partial charge in [-0.3, -0.25) is 4.79 Å². The van der Waals surface area contributed by atoms with E-state index in [1.807, 2.05) is 26.0 Å². The highest BCUT2D eigenvalue weighted by molar-refractivity contribution is 5.96. The van der Waals surface area contributed by atoms with Crippen LogP contribution in [0.2, 0.25) is 0 Å². The highest BCUT2D eigenvalue weighted by Crippen LogP contribution is 2.87. The number of benzene rings is 1. The number of allylic oxidation sites excluding steroid dienone is 5. The summed E-state index contributed by atoms with van der Waals surface area (Å²) in [6.07, 6.45) is 26.0. The second-order valence-electron chi connectivity index (χ2n) is 27.5. The highest BCUT2D eigenvalue weighted by atomic mass is 16.6. The Morgan fingerprint density at radius 2 is 1.82 bits per heavy atom. The molecule has 8 N–H and O–H groups in total. The minimum absolute atomic E-state index is 0.0165. The molecule has 0 radical (unpaired) electrons. The first-order valence-corrected chi connectivity index (χ1v) is 29.2. The van der Waals surface area contributed by atoms with Gasteiger partial charge in [-0.2, -0.15) is 0 Å². The molecule has 10 aliphatic carbocycles. The number of carbonyl (C=O) groups excluding carboxylic acids is 1. The number of hydrogen-bond donors (Lipinski definition) is 7. The van der Waals surface area contributed by atoms with E-state index in [1.165, 1.54) is 29.5 Å². The first kappa shape index (κ1) is 50.0. The second kappa shape index (κ2) is 17.0. The molecule has 3 aliphatic heterocycles. The predicted molar refractivity (Wildman–Crippen MR) is 286 cm³/mol. The van der Waals surface area contributed by atoms with Crippen LogP contribution in [0.15, 0.2) is 83.3 Å². The van der Waals surface area contributed by atoms with E-state index < -0.39 is 68.1 Å². The van der Waals surface area contributed by atoms with Gasteiger partial charge in [-0.1, -0.05) is 99.6 Å². The summed E-state index contributed by atoms with van der Waals surface area (Å²) in [6, 6.07) is 8.93. The third-order valence-corrected chi connectivity index (χ3v) is 24.3. The van der Waals surface area contributed by atoms with Crippen LogP contribution in [-0.2, 0) is 27.1 Å². The number of epoxide rings is 1.